The highest BCUT2D eigenvalue weighted by Crippen LogP contribution is 2.55. The van der Waals surface area contributed by atoms with E-state index in [-0.39, 0.29) is 5.91 Å². The number of nitrogens with one attached hydrogen (secondary N) is 1. The second-order valence-corrected chi connectivity index (χ2v) is 9.97. The molecule has 2 aliphatic carbocycles. The lowest BCUT2D eigenvalue weighted by atomic mass is 9.95. The van der Waals surface area contributed by atoms with Crippen LogP contribution in [0.1, 0.15) is 32.3 Å². The van der Waals surface area contributed by atoms with E-state index in [9.17, 15) is 4.79 Å². The first-order valence-corrected chi connectivity index (χ1v) is 11.8. The van der Waals surface area contributed by atoms with Crippen LogP contribution in [0.15, 0.2) is 71.6 Å². The van der Waals surface area contributed by atoms with Crippen LogP contribution >= 0.6 is 22.7 Å². The summed E-state index contributed by atoms with van der Waals surface area (Å²) in [6, 6.07) is 16.6. The summed E-state index contributed by atoms with van der Waals surface area (Å²) in [5.74, 6) is 1.41. The second-order valence-electron chi connectivity index (χ2n) is 7.76. The molecule has 1 N–H and O–H groups in total. The number of fused-ring (bicyclic) bond motifs is 1. The van der Waals surface area contributed by atoms with Crippen LogP contribution < -0.4 is 5.32 Å². The minimum atomic E-state index is 0.0422. The Morgan fingerprint density at radius 1 is 1.10 bits per heavy atom. The molecule has 0 bridgehead atoms. The Kier molecular flexibility index (Phi) is 4.98. The van der Waals surface area contributed by atoms with Crippen molar-refractivity contribution in [2.75, 3.05) is 6.54 Å². The van der Waals surface area contributed by atoms with Crippen molar-refractivity contribution in [3.05, 3.63) is 86.3 Å². The fraction of sp³-hybridized carbons (Fsp3) is 0.240. The smallest absolute Gasteiger partial charge is 0.262 e. The van der Waals surface area contributed by atoms with Crippen LogP contribution in [0.3, 0.4) is 0 Å². The molecule has 2 aromatic heterocycles. The van der Waals surface area contributed by atoms with Gasteiger partial charge in [-0.05, 0) is 60.3 Å². The molecule has 0 saturated heterocycles. The Bertz CT molecular complexity index is 1090. The van der Waals surface area contributed by atoms with Crippen LogP contribution in [-0.2, 0) is 0 Å². The van der Waals surface area contributed by atoms with Crippen LogP contribution in [0, 0.1) is 18.8 Å². The van der Waals surface area contributed by atoms with Gasteiger partial charge < -0.3 is 5.32 Å². The molecule has 4 heteroatoms. The van der Waals surface area contributed by atoms with Crippen molar-refractivity contribution in [3.63, 3.8) is 0 Å². The quantitative estimate of drug-likeness (QED) is 0.483. The van der Waals surface area contributed by atoms with Gasteiger partial charge in [-0.3, -0.25) is 4.79 Å². The lowest BCUT2D eigenvalue weighted by Gasteiger charge is -2.14. The number of benzene rings is 1. The zero-order valence-corrected chi connectivity index (χ0v) is 18.0. The minimum absolute atomic E-state index is 0.0422. The minimum Gasteiger partial charge on any atom is -0.351 e. The van der Waals surface area contributed by atoms with Crippen molar-refractivity contribution in [2.45, 2.75) is 19.8 Å². The summed E-state index contributed by atoms with van der Waals surface area (Å²) in [5, 5.41) is 5.31. The van der Waals surface area contributed by atoms with Crippen LogP contribution in [0.4, 0.5) is 0 Å². The normalized spacial score (nSPS) is 19.9. The molecular formula is C25H23NOS2. The zero-order chi connectivity index (χ0) is 19.8. The Morgan fingerprint density at radius 3 is 2.76 bits per heavy atom. The van der Waals surface area contributed by atoms with E-state index in [4.69, 9.17) is 0 Å². The largest absolute Gasteiger partial charge is 0.351 e. The average molecular weight is 418 g/mol. The lowest BCUT2D eigenvalue weighted by Crippen LogP contribution is -2.24. The van der Waals surface area contributed by atoms with Crippen molar-refractivity contribution >= 4 is 34.2 Å². The Labute approximate surface area is 179 Å². The number of aryl methyl sites for hydroxylation is 1. The molecule has 29 heavy (non-hydrogen) atoms. The number of thiophene rings is 2. The van der Waals surface area contributed by atoms with Crippen molar-refractivity contribution in [1.82, 2.24) is 5.32 Å². The molecular weight excluding hydrogens is 394 g/mol. The maximum atomic E-state index is 12.9. The van der Waals surface area contributed by atoms with E-state index in [0.29, 0.717) is 18.4 Å². The van der Waals surface area contributed by atoms with Crippen molar-refractivity contribution < 1.29 is 4.79 Å². The molecule has 2 heterocycles. The molecule has 3 aromatic rings. The summed E-state index contributed by atoms with van der Waals surface area (Å²) in [6.07, 6.45) is 6.78. The first-order valence-electron chi connectivity index (χ1n) is 10.1. The van der Waals surface area contributed by atoms with E-state index in [0.717, 1.165) is 27.3 Å². The van der Waals surface area contributed by atoms with Gasteiger partial charge in [0, 0.05) is 21.9 Å². The molecule has 0 radical (unpaired) electrons. The molecule has 2 aliphatic rings. The molecule has 2 unspecified atom stereocenters. The highest BCUT2D eigenvalue weighted by atomic mass is 32.1. The molecule has 1 amide bonds. The topological polar surface area (TPSA) is 29.1 Å². The van der Waals surface area contributed by atoms with Gasteiger partial charge in [-0.25, -0.2) is 0 Å². The maximum absolute atomic E-state index is 12.9. The van der Waals surface area contributed by atoms with Crippen molar-refractivity contribution in [1.29, 1.82) is 0 Å². The van der Waals surface area contributed by atoms with Crippen LogP contribution in [0.5, 0.6) is 0 Å². The third-order valence-corrected chi connectivity index (χ3v) is 7.76. The second kappa shape index (κ2) is 7.77. The lowest BCUT2D eigenvalue weighted by molar-refractivity contribution is 0.0958. The summed E-state index contributed by atoms with van der Waals surface area (Å²) >= 11 is 3.40. The Balaban J connectivity index is 1.24. The molecule has 2 atom stereocenters. The summed E-state index contributed by atoms with van der Waals surface area (Å²) in [4.78, 5) is 16.2. The summed E-state index contributed by atoms with van der Waals surface area (Å²) in [7, 11) is 0. The van der Waals surface area contributed by atoms with Crippen molar-refractivity contribution in [2.24, 2.45) is 11.8 Å². The third-order valence-electron chi connectivity index (χ3n) is 5.79. The number of hydrogen-bond acceptors (Lipinski definition) is 3. The van der Waals surface area contributed by atoms with Crippen molar-refractivity contribution in [3.8, 4) is 11.1 Å². The van der Waals surface area contributed by atoms with E-state index >= 15 is 0 Å². The van der Waals surface area contributed by atoms with E-state index in [2.05, 4.69) is 60.1 Å². The number of allylic oxidation sites excluding steroid dienone is 3. The first kappa shape index (κ1) is 18.6. The summed E-state index contributed by atoms with van der Waals surface area (Å²) < 4.78 is 0. The van der Waals surface area contributed by atoms with Gasteiger partial charge in [0.25, 0.3) is 5.91 Å². The Hall–Kier alpha value is -2.43. The molecule has 1 aromatic carbocycles. The van der Waals surface area contributed by atoms with Gasteiger partial charge in [-0.2, -0.15) is 0 Å². The van der Waals surface area contributed by atoms with Gasteiger partial charge >= 0.3 is 0 Å². The van der Waals surface area contributed by atoms with E-state index < -0.39 is 0 Å². The number of carbonyl (C=O) groups is 1. The Morgan fingerprint density at radius 2 is 1.97 bits per heavy atom. The van der Waals surface area contributed by atoms with Crippen LogP contribution in [-0.4, -0.2) is 12.5 Å². The van der Waals surface area contributed by atoms with Gasteiger partial charge in [0.2, 0.25) is 0 Å². The number of carbonyl (C=O) groups excluding carboxylic acids is 1. The van der Waals surface area contributed by atoms with Gasteiger partial charge in [-0.15, -0.1) is 22.7 Å². The monoisotopic (exact) mass is 417 g/mol. The van der Waals surface area contributed by atoms with Crippen LogP contribution in [0.2, 0.25) is 0 Å². The maximum Gasteiger partial charge on any atom is 0.262 e. The van der Waals surface area contributed by atoms with Gasteiger partial charge in [0.05, 0.1) is 4.88 Å². The summed E-state index contributed by atoms with van der Waals surface area (Å²) in [5.41, 5.74) is 5.12. The third kappa shape index (κ3) is 3.75. The predicted molar refractivity (Wildman–Crippen MR) is 123 cm³/mol. The fourth-order valence-corrected chi connectivity index (χ4v) is 6.05. The molecule has 2 nitrogen and oxygen atoms in total. The van der Waals surface area contributed by atoms with E-state index in [1.807, 2.05) is 29.5 Å². The van der Waals surface area contributed by atoms with E-state index in [1.54, 1.807) is 11.3 Å². The molecule has 1 saturated carbocycles. The highest BCUT2D eigenvalue weighted by Gasteiger charge is 2.44. The molecule has 0 spiro atoms. The van der Waals surface area contributed by atoms with Gasteiger partial charge in [0.15, 0.2) is 0 Å². The predicted octanol–water partition coefficient (Wildman–Crippen LogP) is 6.56. The molecule has 0 aliphatic heterocycles. The number of hydrogen-bond donors (Lipinski definition) is 1. The first-order chi connectivity index (χ1) is 14.2. The van der Waals surface area contributed by atoms with Crippen LogP contribution in [0.25, 0.3) is 16.7 Å². The molecule has 1 fully saturated rings. The molecule has 5 rings (SSSR count). The number of amides is 1. The summed E-state index contributed by atoms with van der Waals surface area (Å²) in [6.45, 7) is 2.76. The highest BCUT2D eigenvalue weighted by molar-refractivity contribution is 7.14. The van der Waals surface area contributed by atoms with E-state index in [1.165, 1.54) is 22.4 Å². The standard InChI is InChI=1S/C25H23NOS2/c1-16-14-21(17-6-3-2-4-7-17)24(29-16)25(27)26-12-11-18-9-10-19(22-15-20(18)22)23-8-5-13-28-23/h2-10,13-14,20,22H,11-12,15H2,1H3,(H,26,27). The zero-order valence-electron chi connectivity index (χ0n) is 16.4. The molecule has 146 valence electrons. The SMILES string of the molecule is Cc1cc(-c2ccccc2)c(C(=O)NCCC2=CC=C(c3cccs3)C3CC23)s1. The van der Waals surface area contributed by atoms with Gasteiger partial charge in [-0.1, -0.05) is 54.1 Å². The average Bonchev–Trinajstić information content (AvgIpc) is 3.17. The van der Waals surface area contributed by atoms with Gasteiger partial charge in [0.1, 0.15) is 0 Å². The number of rotatable bonds is 6. The fourth-order valence-electron chi connectivity index (χ4n) is 4.28.